The Labute approximate surface area is 188 Å². The van der Waals surface area contributed by atoms with E-state index in [1.165, 1.54) is 18.4 Å². The molecule has 0 aliphatic carbocycles. The molecule has 1 aliphatic heterocycles. The van der Waals surface area contributed by atoms with E-state index in [-0.39, 0.29) is 11.8 Å². The largest absolute Gasteiger partial charge is 0.338 e. The Balaban J connectivity index is 1.16. The van der Waals surface area contributed by atoms with Gasteiger partial charge in [0.05, 0.1) is 5.69 Å². The predicted octanol–water partition coefficient (Wildman–Crippen LogP) is 4.68. The smallest absolute Gasteiger partial charge is 0.319 e. The Morgan fingerprint density at radius 1 is 1.19 bits per heavy atom. The van der Waals surface area contributed by atoms with Crippen molar-refractivity contribution in [2.24, 2.45) is 5.92 Å². The molecular formula is C25H30FN5O. The highest BCUT2D eigenvalue weighted by Crippen LogP contribution is 2.22. The molecule has 0 saturated carbocycles. The second-order valence-electron chi connectivity index (χ2n) is 8.43. The van der Waals surface area contributed by atoms with Crippen LogP contribution in [0.3, 0.4) is 0 Å². The van der Waals surface area contributed by atoms with Crippen LogP contribution in [0.1, 0.15) is 24.8 Å². The highest BCUT2D eigenvalue weighted by Gasteiger charge is 2.19. The van der Waals surface area contributed by atoms with Crippen molar-refractivity contribution in [3.63, 3.8) is 0 Å². The molecule has 1 atom stereocenters. The highest BCUT2D eigenvalue weighted by molar-refractivity contribution is 5.89. The van der Waals surface area contributed by atoms with Crippen molar-refractivity contribution < 1.29 is 9.18 Å². The predicted molar refractivity (Wildman–Crippen MR) is 125 cm³/mol. The number of likely N-dealkylation sites (tertiary alicyclic amines) is 1. The van der Waals surface area contributed by atoms with Gasteiger partial charge in [-0.15, -0.1) is 0 Å². The minimum Gasteiger partial charge on any atom is -0.338 e. The lowest BCUT2D eigenvalue weighted by Crippen LogP contribution is -2.38. The zero-order valence-corrected chi connectivity index (χ0v) is 18.2. The number of aromatic amines is 1. The third-order valence-electron chi connectivity index (χ3n) is 5.91. The molecule has 168 valence electrons. The molecule has 32 heavy (non-hydrogen) atoms. The molecule has 6 nitrogen and oxygen atoms in total. The van der Waals surface area contributed by atoms with Crippen molar-refractivity contribution in [1.82, 2.24) is 20.4 Å². The minimum absolute atomic E-state index is 0.180. The fraction of sp³-hybridized carbons (Fsp3) is 0.360. The van der Waals surface area contributed by atoms with Gasteiger partial charge < -0.3 is 15.5 Å². The number of amides is 2. The summed E-state index contributed by atoms with van der Waals surface area (Å²) in [6.45, 7) is 3.76. The molecule has 1 unspecified atom stereocenters. The number of carbonyl (C=O) groups excluding carboxylic acids is 1. The van der Waals surface area contributed by atoms with Gasteiger partial charge in [-0.3, -0.25) is 5.10 Å². The molecule has 0 spiro atoms. The van der Waals surface area contributed by atoms with Gasteiger partial charge in [0.25, 0.3) is 0 Å². The molecule has 1 aliphatic rings. The van der Waals surface area contributed by atoms with Crippen molar-refractivity contribution in [1.29, 1.82) is 0 Å². The molecule has 1 saturated heterocycles. The molecule has 2 aromatic carbocycles. The molecule has 1 aromatic heterocycles. The van der Waals surface area contributed by atoms with E-state index in [4.69, 9.17) is 0 Å². The first kappa shape index (κ1) is 22.0. The maximum absolute atomic E-state index is 13.1. The minimum atomic E-state index is -0.195. The summed E-state index contributed by atoms with van der Waals surface area (Å²) in [5, 5.41) is 12.7. The number of H-pyrrole nitrogens is 1. The summed E-state index contributed by atoms with van der Waals surface area (Å²) in [6, 6.07) is 16.2. The van der Waals surface area contributed by atoms with Crippen LogP contribution < -0.4 is 10.6 Å². The topological polar surface area (TPSA) is 73.1 Å². The molecule has 3 N–H and O–H groups in total. The van der Waals surface area contributed by atoms with Gasteiger partial charge in [0, 0.05) is 30.5 Å². The molecule has 2 amide bonds. The second-order valence-corrected chi connectivity index (χ2v) is 8.43. The maximum Gasteiger partial charge on any atom is 0.319 e. The zero-order valence-electron chi connectivity index (χ0n) is 18.2. The Kier molecular flexibility index (Phi) is 7.51. The lowest BCUT2D eigenvalue weighted by atomic mass is 9.91. The first-order chi connectivity index (χ1) is 15.7. The number of hydrogen-bond donors (Lipinski definition) is 3. The molecule has 0 bridgehead atoms. The van der Waals surface area contributed by atoms with Gasteiger partial charge in [-0.25, -0.2) is 9.18 Å². The summed E-state index contributed by atoms with van der Waals surface area (Å²) in [5.41, 5.74) is 3.83. The Hall–Kier alpha value is -3.19. The molecule has 1 fully saturated rings. The van der Waals surface area contributed by atoms with E-state index in [0.29, 0.717) is 12.5 Å². The molecule has 0 radical (unpaired) electrons. The number of urea groups is 1. The standard InChI is InChI=1S/C25H30FN5O/c26-22-9-7-19(8-10-22)16-20-4-2-14-31(18-20)15-3-12-27-25(32)29-23-6-1-5-21(17-23)24-11-13-28-30-24/h1,5-11,13,17,20H,2-4,12,14-16,18H2,(H,28,30)(H2,27,29,32). The van der Waals surface area contributed by atoms with E-state index in [1.807, 2.05) is 42.5 Å². The normalized spacial score (nSPS) is 16.6. The monoisotopic (exact) mass is 435 g/mol. The van der Waals surface area contributed by atoms with E-state index < -0.39 is 0 Å². The second kappa shape index (κ2) is 10.9. The van der Waals surface area contributed by atoms with Crippen LogP contribution in [0.15, 0.2) is 60.8 Å². The van der Waals surface area contributed by atoms with E-state index in [2.05, 4.69) is 25.7 Å². The average molecular weight is 436 g/mol. The van der Waals surface area contributed by atoms with Crippen molar-refractivity contribution in [2.75, 3.05) is 31.5 Å². The van der Waals surface area contributed by atoms with Crippen molar-refractivity contribution in [3.05, 3.63) is 72.2 Å². The number of aromatic nitrogens is 2. The van der Waals surface area contributed by atoms with Crippen molar-refractivity contribution >= 4 is 11.7 Å². The van der Waals surface area contributed by atoms with E-state index in [1.54, 1.807) is 18.3 Å². The highest BCUT2D eigenvalue weighted by atomic mass is 19.1. The van der Waals surface area contributed by atoms with Gasteiger partial charge in [-0.05, 0) is 80.6 Å². The number of rotatable bonds is 8. The maximum atomic E-state index is 13.1. The zero-order chi connectivity index (χ0) is 22.2. The summed E-state index contributed by atoms with van der Waals surface area (Å²) in [7, 11) is 0. The number of nitrogens with zero attached hydrogens (tertiary/aromatic N) is 2. The third-order valence-corrected chi connectivity index (χ3v) is 5.91. The first-order valence-corrected chi connectivity index (χ1v) is 11.3. The number of hydrogen-bond acceptors (Lipinski definition) is 3. The Morgan fingerprint density at radius 3 is 2.88 bits per heavy atom. The number of carbonyl (C=O) groups is 1. The van der Waals surface area contributed by atoms with Crippen LogP contribution in [0.25, 0.3) is 11.3 Å². The van der Waals surface area contributed by atoms with Crippen LogP contribution in [-0.4, -0.2) is 47.3 Å². The van der Waals surface area contributed by atoms with Crippen LogP contribution in [-0.2, 0) is 6.42 Å². The van der Waals surface area contributed by atoms with Gasteiger partial charge >= 0.3 is 6.03 Å². The fourth-order valence-corrected chi connectivity index (χ4v) is 4.34. The Morgan fingerprint density at radius 2 is 2.06 bits per heavy atom. The molecular weight excluding hydrogens is 405 g/mol. The van der Waals surface area contributed by atoms with Crippen LogP contribution in [0.4, 0.5) is 14.9 Å². The van der Waals surface area contributed by atoms with Gasteiger partial charge in [0.2, 0.25) is 0 Å². The summed E-state index contributed by atoms with van der Waals surface area (Å²) in [5.74, 6) is 0.425. The van der Waals surface area contributed by atoms with E-state index in [9.17, 15) is 9.18 Å². The van der Waals surface area contributed by atoms with Crippen molar-refractivity contribution in [2.45, 2.75) is 25.7 Å². The summed E-state index contributed by atoms with van der Waals surface area (Å²) >= 11 is 0. The molecule has 7 heteroatoms. The van der Waals surface area contributed by atoms with Crippen molar-refractivity contribution in [3.8, 4) is 11.3 Å². The first-order valence-electron chi connectivity index (χ1n) is 11.3. The SMILES string of the molecule is O=C(NCCCN1CCCC(Cc2ccc(F)cc2)C1)Nc1cccc(-c2ccn[nH]2)c1. The number of anilines is 1. The van der Waals surface area contributed by atoms with E-state index >= 15 is 0 Å². The number of halogens is 1. The molecule has 2 heterocycles. The van der Waals surface area contributed by atoms with Crippen LogP contribution in [0, 0.1) is 11.7 Å². The number of benzene rings is 2. The van der Waals surface area contributed by atoms with Gasteiger partial charge in [-0.2, -0.15) is 5.10 Å². The molecule has 3 aromatic rings. The Bertz CT molecular complexity index is 990. The van der Waals surface area contributed by atoms with Crippen LogP contribution >= 0.6 is 0 Å². The van der Waals surface area contributed by atoms with Gasteiger partial charge in [0.1, 0.15) is 5.82 Å². The van der Waals surface area contributed by atoms with Crippen LogP contribution in [0.2, 0.25) is 0 Å². The fourth-order valence-electron chi connectivity index (χ4n) is 4.34. The van der Waals surface area contributed by atoms with Crippen LogP contribution in [0.5, 0.6) is 0 Å². The van der Waals surface area contributed by atoms with Gasteiger partial charge in [-0.1, -0.05) is 24.3 Å². The summed E-state index contributed by atoms with van der Waals surface area (Å²) in [6.07, 6.45) is 6.01. The summed E-state index contributed by atoms with van der Waals surface area (Å²) < 4.78 is 13.1. The quantitative estimate of drug-likeness (QED) is 0.450. The van der Waals surface area contributed by atoms with Gasteiger partial charge in [0.15, 0.2) is 0 Å². The molecule has 4 rings (SSSR count). The lowest BCUT2D eigenvalue weighted by Gasteiger charge is -2.32. The number of piperidine rings is 1. The van der Waals surface area contributed by atoms with E-state index in [0.717, 1.165) is 49.4 Å². The summed E-state index contributed by atoms with van der Waals surface area (Å²) in [4.78, 5) is 14.7. The lowest BCUT2D eigenvalue weighted by molar-refractivity contribution is 0.172. The number of nitrogens with one attached hydrogen (secondary N) is 3. The third kappa shape index (κ3) is 6.40. The average Bonchev–Trinajstić information content (AvgIpc) is 3.34.